The van der Waals surface area contributed by atoms with Gasteiger partial charge in [0, 0.05) is 19.2 Å². The van der Waals surface area contributed by atoms with Crippen LogP contribution in [0.5, 0.6) is 0 Å². The molecular formula is C13H17FN2O. The first kappa shape index (κ1) is 13.6. The summed E-state index contributed by atoms with van der Waals surface area (Å²) in [5.74, 6) is -0.482. The number of nitrogens with zero attached hydrogens (tertiary/aromatic N) is 1. The second kappa shape index (κ2) is 7.00. The second-order valence-corrected chi connectivity index (χ2v) is 4.07. The fraction of sp³-hybridized carbons (Fsp3) is 0.462. The Morgan fingerprint density at radius 2 is 2.29 bits per heavy atom. The minimum absolute atomic E-state index is 0.0762. The van der Waals surface area contributed by atoms with Crippen molar-refractivity contribution in [1.29, 1.82) is 5.26 Å². The quantitative estimate of drug-likeness (QED) is 0.793. The highest BCUT2D eigenvalue weighted by Crippen LogP contribution is 2.09. The number of benzene rings is 1. The molecule has 0 bridgehead atoms. The van der Waals surface area contributed by atoms with E-state index in [1.165, 1.54) is 6.07 Å². The van der Waals surface area contributed by atoms with E-state index in [0.717, 1.165) is 18.4 Å². The molecule has 1 atom stereocenters. The monoisotopic (exact) mass is 236 g/mol. The van der Waals surface area contributed by atoms with Gasteiger partial charge in [0.15, 0.2) is 0 Å². The van der Waals surface area contributed by atoms with E-state index in [-0.39, 0.29) is 18.2 Å². The Labute approximate surface area is 101 Å². The van der Waals surface area contributed by atoms with Crippen LogP contribution in [0.2, 0.25) is 0 Å². The van der Waals surface area contributed by atoms with Crippen molar-refractivity contribution in [2.75, 3.05) is 6.61 Å². The Bertz CT molecular complexity index is 401. The van der Waals surface area contributed by atoms with Gasteiger partial charge in [0.1, 0.15) is 11.9 Å². The minimum Gasteiger partial charge on any atom is -0.396 e. The van der Waals surface area contributed by atoms with Crippen molar-refractivity contribution in [2.45, 2.75) is 32.4 Å². The van der Waals surface area contributed by atoms with Crippen LogP contribution in [0.25, 0.3) is 0 Å². The van der Waals surface area contributed by atoms with Crippen LogP contribution in [0.4, 0.5) is 4.39 Å². The first-order chi connectivity index (χ1) is 8.17. The fourth-order valence-electron chi connectivity index (χ4n) is 1.56. The van der Waals surface area contributed by atoms with Crippen molar-refractivity contribution < 1.29 is 9.50 Å². The van der Waals surface area contributed by atoms with E-state index in [2.05, 4.69) is 5.32 Å². The van der Waals surface area contributed by atoms with Crippen molar-refractivity contribution in [1.82, 2.24) is 5.32 Å². The molecule has 0 aliphatic heterocycles. The lowest BCUT2D eigenvalue weighted by molar-refractivity contribution is 0.276. The highest BCUT2D eigenvalue weighted by Gasteiger charge is 2.04. The molecule has 3 nitrogen and oxygen atoms in total. The van der Waals surface area contributed by atoms with Crippen LogP contribution < -0.4 is 5.32 Å². The lowest BCUT2D eigenvalue weighted by Gasteiger charge is -2.13. The second-order valence-electron chi connectivity index (χ2n) is 4.07. The van der Waals surface area contributed by atoms with E-state index in [1.54, 1.807) is 12.1 Å². The number of aliphatic hydroxyl groups excluding tert-OH is 1. The Morgan fingerprint density at radius 3 is 2.94 bits per heavy atom. The zero-order valence-corrected chi connectivity index (χ0v) is 9.91. The maximum absolute atomic E-state index is 13.1. The lowest BCUT2D eigenvalue weighted by Crippen LogP contribution is -2.25. The molecule has 0 radical (unpaired) electrons. The Morgan fingerprint density at radius 1 is 1.53 bits per heavy atom. The molecule has 2 N–H and O–H groups in total. The van der Waals surface area contributed by atoms with Gasteiger partial charge in [-0.2, -0.15) is 5.26 Å². The zero-order chi connectivity index (χ0) is 12.7. The topological polar surface area (TPSA) is 56.0 Å². The molecule has 17 heavy (non-hydrogen) atoms. The zero-order valence-electron chi connectivity index (χ0n) is 9.91. The summed E-state index contributed by atoms with van der Waals surface area (Å²) in [5.41, 5.74) is 0.964. The molecule has 0 amide bonds. The van der Waals surface area contributed by atoms with Crippen molar-refractivity contribution in [3.63, 3.8) is 0 Å². The van der Waals surface area contributed by atoms with E-state index in [1.807, 2.05) is 13.0 Å². The van der Waals surface area contributed by atoms with Crippen LogP contribution in [-0.4, -0.2) is 17.8 Å². The molecule has 1 aromatic carbocycles. The molecule has 1 unspecified atom stereocenters. The van der Waals surface area contributed by atoms with E-state index in [4.69, 9.17) is 10.4 Å². The normalized spacial score (nSPS) is 12.1. The Balaban J connectivity index is 2.50. The van der Waals surface area contributed by atoms with Crippen LogP contribution >= 0.6 is 0 Å². The summed E-state index contributed by atoms with van der Waals surface area (Å²) < 4.78 is 13.1. The van der Waals surface area contributed by atoms with Crippen LogP contribution in [0, 0.1) is 17.1 Å². The molecule has 1 aromatic rings. The summed E-state index contributed by atoms with van der Waals surface area (Å²) in [4.78, 5) is 0. The third kappa shape index (κ3) is 4.51. The molecule has 0 fully saturated rings. The van der Waals surface area contributed by atoms with Crippen molar-refractivity contribution in [2.24, 2.45) is 0 Å². The molecule has 0 heterocycles. The third-order valence-corrected chi connectivity index (χ3v) is 2.60. The van der Waals surface area contributed by atoms with Crippen molar-refractivity contribution in [3.8, 4) is 6.07 Å². The highest BCUT2D eigenvalue weighted by atomic mass is 19.1. The molecule has 0 spiro atoms. The van der Waals surface area contributed by atoms with Gasteiger partial charge in [0.05, 0.1) is 5.56 Å². The van der Waals surface area contributed by atoms with Crippen LogP contribution in [0.3, 0.4) is 0 Å². The van der Waals surface area contributed by atoms with Gasteiger partial charge in [-0.1, -0.05) is 6.07 Å². The lowest BCUT2D eigenvalue weighted by atomic mass is 10.1. The van der Waals surface area contributed by atoms with Crippen molar-refractivity contribution in [3.05, 3.63) is 35.1 Å². The van der Waals surface area contributed by atoms with Gasteiger partial charge in [-0.25, -0.2) is 4.39 Å². The van der Waals surface area contributed by atoms with Crippen LogP contribution in [-0.2, 0) is 6.54 Å². The smallest absolute Gasteiger partial charge is 0.140 e. The van der Waals surface area contributed by atoms with Gasteiger partial charge in [-0.3, -0.25) is 0 Å². The number of nitrogens with one attached hydrogen (secondary N) is 1. The molecule has 0 saturated heterocycles. The van der Waals surface area contributed by atoms with Gasteiger partial charge in [-0.05, 0) is 37.5 Å². The fourth-order valence-corrected chi connectivity index (χ4v) is 1.56. The third-order valence-electron chi connectivity index (χ3n) is 2.60. The van der Waals surface area contributed by atoms with Gasteiger partial charge >= 0.3 is 0 Å². The van der Waals surface area contributed by atoms with Crippen molar-refractivity contribution >= 4 is 0 Å². The molecule has 92 valence electrons. The average Bonchev–Trinajstić information content (AvgIpc) is 2.35. The van der Waals surface area contributed by atoms with Gasteiger partial charge in [0.2, 0.25) is 0 Å². The van der Waals surface area contributed by atoms with Crippen LogP contribution in [0.1, 0.15) is 30.9 Å². The van der Waals surface area contributed by atoms with E-state index in [0.29, 0.717) is 6.54 Å². The molecule has 1 rings (SSSR count). The van der Waals surface area contributed by atoms with E-state index >= 15 is 0 Å². The molecule has 4 heteroatoms. The molecule has 0 saturated carbocycles. The first-order valence-electron chi connectivity index (χ1n) is 5.70. The molecule has 0 aromatic heterocycles. The number of rotatable bonds is 6. The van der Waals surface area contributed by atoms with Gasteiger partial charge in [0.25, 0.3) is 0 Å². The molecule has 0 aliphatic rings. The van der Waals surface area contributed by atoms with E-state index < -0.39 is 5.82 Å². The highest BCUT2D eigenvalue weighted by molar-refractivity contribution is 5.34. The predicted octanol–water partition coefficient (Wildman–Crippen LogP) is 1.95. The first-order valence-corrected chi connectivity index (χ1v) is 5.70. The number of halogens is 1. The number of hydrogen-bond donors (Lipinski definition) is 2. The SMILES string of the molecule is CC(CCCO)NCc1ccc(F)c(C#N)c1. The Hall–Kier alpha value is -1.44. The number of nitriles is 1. The average molecular weight is 236 g/mol. The summed E-state index contributed by atoms with van der Waals surface area (Å²) in [6.07, 6.45) is 1.66. The summed E-state index contributed by atoms with van der Waals surface area (Å²) in [6, 6.07) is 6.65. The maximum atomic E-state index is 13.1. The van der Waals surface area contributed by atoms with Gasteiger partial charge in [-0.15, -0.1) is 0 Å². The Kier molecular flexibility index (Phi) is 5.61. The predicted molar refractivity (Wildman–Crippen MR) is 63.7 cm³/mol. The molecule has 0 aliphatic carbocycles. The standard InChI is InChI=1S/C13H17FN2O/c1-10(3-2-6-17)16-9-11-4-5-13(14)12(7-11)8-15/h4-5,7,10,16-17H,2-3,6,9H2,1H3. The van der Waals surface area contributed by atoms with E-state index in [9.17, 15) is 4.39 Å². The molecular weight excluding hydrogens is 219 g/mol. The largest absolute Gasteiger partial charge is 0.396 e. The summed E-state index contributed by atoms with van der Waals surface area (Å²) in [7, 11) is 0. The number of hydrogen-bond acceptors (Lipinski definition) is 3. The minimum atomic E-state index is -0.482. The summed E-state index contributed by atoms with van der Waals surface area (Å²) >= 11 is 0. The summed E-state index contributed by atoms with van der Waals surface area (Å²) in [5, 5.41) is 20.7. The van der Waals surface area contributed by atoms with Gasteiger partial charge < -0.3 is 10.4 Å². The van der Waals surface area contributed by atoms with Crippen LogP contribution in [0.15, 0.2) is 18.2 Å². The maximum Gasteiger partial charge on any atom is 0.140 e. The summed E-state index contributed by atoms with van der Waals surface area (Å²) in [6.45, 7) is 2.83. The number of aliphatic hydroxyl groups is 1.